The highest BCUT2D eigenvalue weighted by Crippen LogP contribution is 2.26. The SMILES string of the molecule is CCCCCCOc1ccc(C(=O)NC(=S)Nc2ccc(C(=O)NCc3ccccc3)cc2)cc1Br. The number of nitrogens with one attached hydrogen (secondary N) is 3. The minimum atomic E-state index is -0.334. The van der Waals surface area contributed by atoms with Gasteiger partial charge in [0.25, 0.3) is 11.8 Å². The van der Waals surface area contributed by atoms with Crippen LogP contribution >= 0.6 is 28.1 Å². The largest absolute Gasteiger partial charge is 0.492 e. The Morgan fingerprint density at radius 3 is 2.31 bits per heavy atom. The molecule has 0 aromatic heterocycles. The molecule has 3 N–H and O–H groups in total. The number of carbonyl (C=O) groups is 2. The van der Waals surface area contributed by atoms with Crippen LogP contribution in [-0.4, -0.2) is 23.5 Å². The Balaban J connectivity index is 1.46. The normalized spacial score (nSPS) is 10.4. The van der Waals surface area contributed by atoms with Gasteiger partial charge in [-0.2, -0.15) is 0 Å². The molecule has 6 nitrogen and oxygen atoms in total. The summed E-state index contributed by atoms with van der Waals surface area (Å²) in [6, 6.07) is 21.8. The van der Waals surface area contributed by atoms with Crippen molar-refractivity contribution in [2.75, 3.05) is 11.9 Å². The molecule has 2 amide bonds. The summed E-state index contributed by atoms with van der Waals surface area (Å²) in [7, 11) is 0. The lowest BCUT2D eigenvalue weighted by atomic mass is 10.1. The van der Waals surface area contributed by atoms with Crippen molar-refractivity contribution >= 4 is 50.8 Å². The van der Waals surface area contributed by atoms with E-state index in [1.807, 2.05) is 30.3 Å². The maximum atomic E-state index is 12.6. The summed E-state index contributed by atoms with van der Waals surface area (Å²) in [5, 5.41) is 8.70. The molecule has 36 heavy (non-hydrogen) atoms. The number of amides is 2. The van der Waals surface area contributed by atoms with Crippen LogP contribution in [0, 0.1) is 0 Å². The zero-order chi connectivity index (χ0) is 25.8. The Labute approximate surface area is 226 Å². The third-order valence-corrected chi connectivity index (χ3v) is 6.20. The fourth-order valence-corrected chi connectivity index (χ4v) is 4.10. The van der Waals surface area contributed by atoms with Gasteiger partial charge in [0.05, 0.1) is 11.1 Å². The monoisotopic (exact) mass is 567 g/mol. The number of anilines is 1. The van der Waals surface area contributed by atoms with Crippen LogP contribution < -0.4 is 20.7 Å². The van der Waals surface area contributed by atoms with Crippen LogP contribution in [0.5, 0.6) is 5.75 Å². The molecule has 3 aromatic rings. The highest BCUT2D eigenvalue weighted by atomic mass is 79.9. The number of benzene rings is 3. The highest BCUT2D eigenvalue weighted by molar-refractivity contribution is 9.10. The van der Waals surface area contributed by atoms with Crippen molar-refractivity contribution in [3.05, 3.63) is 94.0 Å². The molecule has 0 saturated carbocycles. The van der Waals surface area contributed by atoms with Crippen molar-refractivity contribution in [2.24, 2.45) is 0 Å². The quantitative estimate of drug-likeness (QED) is 0.183. The first-order valence-electron chi connectivity index (χ1n) is 11.9. The van der Waals surface area contributed by atoms with Crippen LogP contribution in [0.4, 0.5) is 5.69 Å². The van der Waals surface area contributed by atoms with E-state index in [0.29, 0.717) is 40.2 Å². The first-order chi connectivity index (χ1) is 17.5. The average molecular weight is 569 g/mol. The number of halogens is 1. The average Bonchev–Trinajstić information content (AvgIpc) is 2.89. The number of unbranched alkanes of at least 4 members (excludes halogenated alkanes) is 3. The molecule has 0 unspecified atom stereocenters. The van der Waals surface area contributed by atoms with Crippen LogP contribution in [0.3, 0.4) is 0 Å². The molecule has 0 radical (unpaired) electrons. The van der Waals surface area contributed by atoms with E-state index in [-0.39, 0.29) is 16.9 Å². The van der Waals surface area contributed by atoms with E-state index in [0.717, 1.165) is 18.4 Å². The summed E-state index contributed by atoms with van der Waals surface area (Å²) < 4.78 is 6.51. The predicted molar refractivity (Wildman–Crippen MR) is 152 cm³/mol. The van der Waals surface area contributed by atoms with Gasteiger partial charge in [0.15, 0.2) is 5.11 Å². The Morgan fingerprint density at radius 1 is 0.889 bits per heavy atom. The molecule has 3 aromatic carbocycles. The molecule has 0 heterocycles. The first kappa shape index (κ1) is 27.4. The third-order valence-electron chi connectivity index (χ3n) is 5.38. The van der Waals surface area contributed by atoms with E-state index in [2.05, 4.69) is 38.8 Å². The maximum Gasteiger partial charge on any atom is 0.257 e. The predicted octanol–water partition coefficient (Wildman–Crippen LogP) is 6.47. The van der Waals surface area contributed by atoms with Gasteiger partial charge in [-0.25, -0.2) is 0 Å². The lowest BCUT2D eigenvalue weighted by Gasteiger charge is -2.12. The first-order valence-corrected chi connectivity index (χ1v) is 13.1. The van der Waals surface area contributed by atoms with Crippen molar-refractivity contribution in [3.8, 4) is 5.75 Å². The lowest BCUT2D eigenvalue weighted by Crippen LogP contribution is -2.34. The summed E-state index contributed by atoms with van der Waals surface area (Å²) in [4.78, 5) is 25.0. The topological polar surface area (TPSA) is 79.5 Å². The van der Waals surface area contributed by atoms with Crippen molar-refractivity contribution in [1.29, 1.82) is 0 Å². The van der Waals surface area contributed by atoms with Gasteiger partial charge >= 0.3 is 0 Å². The second kappa shape index (κ2) is 14.4. The zero-order valence-corrected chi connectivity index (χ0v) is 22.6. The fraction of sp³-hybridized carbons (Fsp3) is 0.250. The molecule has 188 valence electrons. The Morgan fingerprint density at radius 2 is 1.61 bits per heavy atom. The third kappa shape index (κ3) is 8.77. The molecule has 0 aliphatic carbocycles. The molecule has 8 heteroatoms. The molecule has 0 spiro atoms. The lowest BCUT2D eigenvalue weighted by molar-refractivity contribution is 0.0948. The van der Waals surface area contributed by atoms with Gasteiger partial charge in [-0.3, -0.25) is 14.9 Å². The summed E-state index contributed by atoms with van der Waals surface area (Å²) in [5.74, 6) is 0.205. The minimum Gasteiger partial charge on any atom is -0.492 e. The van der Waals surface area contributed by atoms with Crippen LogP contribution in [0.1, 0.15) is 58.9 Å². The van der Waals surface area contributed by atoms with E-state index in [1.165, 1.54) is 12.8 Å². The van der Waals surface area contributed by atoms with E-state index in [1.54, 1.807) is 42.5 Å². The molecular weight excluding hydrogens is 538 g/mol. The summed E-state index contributed by atoms with van der Waals surface area (Å²) in [6.07, 6.45) is 4.53. The van der Waals surface area contributed by atoms with Gasteiger partial charge < -0.3 is 15.4 Å². The van der Waals surface area contributed by atoms with Crippen molar-refractivity contribution in [3.63, 3.8) is 0 Å². The number of rotatable bonds is 11. The molecular formula is C28H30BrN3O3S. The standard InChI is InChI=1S/C28H30BrN3O3S/c1-2-3-4-8-17-35-25-16-13-22(18-24(25)29)27(34)32-28(36)31-23-14-11-21(12-15-23)26(33)30-19-20-9-6-5-7-10-20/h5-7,9-16,18H,2-4,8,17,19H2,1H3,(H,30,33)(H2,31,32,34,36). The van der Waals surface area contributed by atoms with E-state index in [4.69, 9.17) is 17.0 Å². The van der Waals surface area contributed by atoms with E-state index >= 15 is 0 Å². The number of carbonyl (C=O) groups excluding carboxylic acids is 2. The van der Waals surface area contributed by atoms with Gasteiger partial charge in [-0.15, -0.1) is 0 Å². The molecule has 0 saturated heterocycles. The molecule has 0 bridgehead atoms. The van der Waals surface area contributed by atoms with Gasteiger partial charge in [-0.1, -0.05) is 56.5 Å². The molecule has 0 fully saturated rings. The second-order valence-electron chi connectivity index (χ2n) is 8.21. The Hall–Kier alpha value is -3.23. The van der Waals surface area contributed by atoms with E-state index in [9.17, 15) is 9.59 Å². The van der Waals surface area contributed by atoms with Gasteiger partial charge in [-0.05, 0) is 82.6 Å². The van der Waals surface area contributed by atoms with Crippen LogP contribution in [0.15, 0.2) is 77.3 Å². The molecule has 0 aliphatic heterocycles. The van der Waals surface area contributed by atoms with Gasteiger partial charge in [0.2, 0.25) is 0 Å². The number of hydrogen-bond donors (Lipinski definition) is 3. The Kier molecular flexibility index (Phi) is 10.9. The summed E-state index contributed by atoms with van der Waals surface area (Å²) >= 11 is 8.76. The zero-order valence-electron chi connectivity index (χ0n) is 20.2. The summed E-state index contributed by atoms with van der Waals surface area (Å²) in [5.41, 5.74) is 2.67. The molecule has 0 atom stereocenters. The van der Waals surface area contributed by atoms with Gasteiger partial charge in [0, 0.05) is 23.4 Å². The number of ether oxygens (including phenoxy) is 1. The summed E-state index contributed by atoms with van der Waals surface area (Å²) in [6.45, 7) is 3.27. The highest BCUT2D eigenvalue weighted by Gasteiger charge is 2.12. The number of thiocarbonyl (C=S) groups is 1. The van der Waals surface area contributed by atoms with Crippen molar-refractivity contribution < 1.29 is 14.3 Å². The molecule has 3 rings (SSSR count). The van der Waals surface area contributed by atoms with Crippen molar-refractivity contribution in [2.45, 2.75) is 39.2 Å². The Bertz CT molecular complexity index is 1170. The number of hydrogen-bond acceptors (Lipinski definition) is 4. The fourth-order valence-electron chi connectivity index (χ4n) is 3.39. The minimum absolute atomic E-state index is 0.161. The smallest absolute Gasteiger partial charge is 0.257 e. The van der Waals surface area contributed by atoms with Crippen LogP contribution in [0.2, 0.25) is 0 Å². The van der Waals surface area contributed by atoms with Crippen LogP contribution in [-0.2, 0) is 6.54 Å². The van der Waals surface area contributed by atoms with E-state index < -0.39 is 0 Å². The molecule has 0 aliphatic rings. The van der Waals surface area contributed by atoms with Gasteiger partial charge in [0.1, 0.15) is 5.75 Å². The second-order valence-corrected chi connectivity index (χ2v) is 9.47. The van der Waals surface area contributed by atoms with Crippen LogP contribution in [0.25, 0.3) is 0 Å². The van der Waals surface area contributed by atoms with Crippen molar-refractivity contribution in [1.82, 2.24) is 10.6 Å². The maximum absolute atomic E-state index is 12.6.